The van der Waals surface area contributed by atoms with Crippen LogP contribution in [0.4, 0.5) is 0 Å². The van der Waals surface area contributed by atoms with Gasteiger partial charge in [0.25, 0.3) is 0 Å². The van der Waals surface area contributed by atoms with E-state index in [1.165, 1.54) is 17.9 Å². The van der Waals surface area contributed by atoms with E-state index in [0.29, 0.717) is 6.10 Å². The minimum atomic E-state index is 0.189. The Balaban J connectivity index is 2.06. The highest BCUT2D eigenvalue weighted by Gasteiger charge is 2.41. The monoisotopic (exact) mass is 258 g/mol. The van der Waals surface area contributed by atoms with E-state index < -0.39 is 0 Å². The summed E-state index contributed by atoms with van der Waals surface area (Å²) in [4.78, 5) is 2.58. The second kappa shape index (κ2) is 5.91. The molecule has 2 aliphatic rings. The molecule has 3 atom stereocenters. The fourth-order valence-electron chi connectivity index (χ4n) is 3.13. The molecule has 0 saturated carbocycles. The fraction of sp³-hybridized carbons (Fsp3) is 1.00. The van der Waals surface area contributed by atoms with Gasteiger partial charge in [-0.15, -0.1) is 0 Å². The van der Waals surface area contributed by atoms with E-state index in [2.05, 4.69) is 30.6 Å². The Bertz CT molecular complexity index is 246. The van der Waals surface area contributed by atoms with Gasteiger partial charge in [-0.25, -0.2) is 0 Å². The Hall–Kier alpha value is 0.230. The van der Waals surface area contributed by atoms with Gasteiger partial charge in [-0.2, -0.15) is 11.8 Å². The van der Waals surface area contributed by atoms with Crippen molar-refractivity contribution in [3.8, 4) is 0 Å². The Morgan fingerprint density at radius 2 is 2.35 bits per heavy atom. The first kappa shape index (κ1) is 13.7. The van der Waals surface area contributed by atoms with Crippen LogP contribution in [-0.4, -0.2) is 54.3 Å². The van der Waals surface area contributed by atoms with Gasteiger partial charge in [-0.3, -0.25) is 4.90 Å². The molecule has 0 bridgehead atoms. The third-order valence-corrected chi connectivity index (χ3v) is 5.71. The van der Waals surface area contributed by atoms with Crippen LogP contribution in [0.3, 0.4) is 0 Å². The van der Waals surface area contributed by atoms with Crippen molar-refractivity contribution in [3.63, 3.8) is 0 Å². The van der Waals surface area contributed by atoms with Crippen molar-refractivity contribution in [2.24, 2.45) is 5.73 Å². The highest BCUT2D eigenvalue weighted by atomic mass is 32.2. The Morgan fingerprint density at radius 1 is 1.53 bits per heavy atom. The number of rotatable bonds is 4. The van der Waals surface area contributed by atoms with Gasteiger partial charge in [0.05, 0.1) is 6.10 Å². The SMILES string of the molecule is CCC1CC(CN)(N(C)C2CCSC2)CCO1. The smallest absolute Gasteiger partial charge is 0.0590 e. The number of hydrogen-bond acceptors (Lipinski definition) is 4. The van der Waals surface area contributed by atoms with Crippen LogP contribution >= 0.6 is 11.8 Å². The van der Waals surface area contributed by atoms with E-state index in [1.807, 2.05) is 0 Å². The maximum Gasteiger partial charge on any atom is 0.0590 e. The molecule has 2 saturated heterocycles. The lowest BCUT2D eigenvalue weighted by molar-refractivity contribution is -0.0734. The van der Waals surface area contributed by atoms with Gasteiger partial charge in [-0.1, -0.05) is 6.92 Å². The fourth-order valence-corrected chi connectivity index (χ4v) is 4.39. The first-order valence-electron chi connectivity index (χ1n) is 6.84. The zero-order valence-electron chi connectivity index (χ0n) is 11.2. The molecule has 0 aromatic rings. The molecule has 2 fully saturated rings. The van der Waals surface area contributed by atoms with E-state index in [9.17, 15) is 0 Å². The molecule has 3 unspecified atom stereocenters. The molecule has 0 amide bonds. The zero-order chi connectivity index (χ0) is 12.3. The minimum absolute atomic E-state index is 0.189. The van der Waals surface area contributed by atoms with Crippen molar-refractivity contribution in [2.75, 3.05) is 31.7 Å². The van der Waals surface area contributed by atoms with Crippen molar-refractivity contribution >= 4 is 11.8 Å². The van der Waals surface area contributed by atoms with Crippen molar-refractivity contribution in [3.05, 3.63) is 0 Å². The number of nitrogens with two attached hydrogens (primary N) is 1. The maximum atomic E-state index is 6.12. The zero-order valence-corrected chi connectivity index (χ0v) is 12.0. The molecule has 0 aromatic heterocycles. The molecule has 4 heteroatoms. The van der Waals surface area contributed by atoms with Crippen LogP contribution in [0.25, 0.3) is 0 Å². The van der Waals surface area contributed by atoms with E-state index >= 15 is 0 Å². The summed E-state index contributed by atoms with van der Waals surface area (Å²) in [6, 6.07) is 0.721. The molecule has 3 nitrogen and oxygen atoms in total. The van der Waals surface area contributed by atoms with Gasteiger partial charge >= 0.3 is 0 Å². The van der Waals surface area contributed by atoms with Gasteiger partial charge < -0.3 is 10.5 Å². The molecule has 100 valence electrons. The number of hydrogen-bond donors (Lipinski definition) is 1. The second-order valence-corrected chi connectivity index (χ2v) is 6.56. The van der Waals surface area contributed by atoms with Crippen LogP contribution in [0.5, 0.6) is 0 Å². The van der Waals surface area contributed by atoms with Crippen molar-refractivity contribution in [2.45, 2.75) is 50.3 Å². The first-order valence-corrected chi connectivity index (χ1v) is 7.99. The summed E-state index contributed by atoms with van der Waals surface area (Å²) in [6.07, 6.45) is 5.04. The molecule has 2 aliphatic heterocycles. The van der Waals surface area contributed by atoms with Gasteiger partial charge in [-0.05, 0) is 38.5 Å². The van der Waals surface area contributed by atoms with E-state index in [0.717, 1.165) is 38.5 Å². The van der Waals surface area contributed by atoms with Crippen molar-refractivity contribution in [1.82, 2.24) is 4.90 Å². The summed E-state index contributed by atoms with van der Waals surface area (Å²) in [6.45, 7) is 3.85. The summed E-state index contributed by atoms with van der Waals surface area (Å²) in [5.74, 6) is 2.58. The summed E-state index contributed by atoms with van der Waals surface area (Å²) in [5, 5.41) is 0. The predicted octanol–water partition coefficient (Wildman–Crippen LogP) is 1.71. The molecule has 0 spiro atoms. The third-order valence-electron chi connectivity index (χ3n) is 4.57. The van der Waals surface area contributed by atoms with Crippen molar-refractivity contribution < 1.29 is 4.74 Å². The summed E-state index contributed by atoms with van der Waals surface area (Å²) >= 11 is 2.08. The molecule has 2 heterocycles. The Labute approximate surface area is 109 Å². The average Bonchev–Trinajstić information content (AvgIpc) is 2.91. The first-order chi connectivity index (χ1) is 8.22. The Morgan fingerprint density at radius 3 is 2.94 bits per heavy atom. The molecular weight excluding hydrogens is 232 g/mol. The Kier molecular flexibility index (Phi) is 4.75. The normalized spacial score (nSPS) is 38.8. The summed E-state index contributed by atoms with van der Waals surface area (Å²) < 4.78 is 5.81. The van der Waals surface area contributed by atoms with Crippen LogP contribution in [0, 0.1) is 0 Å². The number of nitrogens with zero attached hydrogens (tertiary/aromatic N) is 1. The topological polar surface area (TPSA) is 38.5 Å². The quantitative estimate of drug-likeness (QED) is 0.833. The van der Waals surface area contributed by atoms with Gasteiger partial charge in [0.2, 0.25) is 0 Å². The lowest BCUT2D eigenvalue weighted by Gasteiger charge is -2.48. The second-order valence-electron chi connectivity index (χ2n) is 5.41. The molecule has 2 N–H and O–H groups in total. The molecule has 0 aromatic carbocycles. The lowest BCUT2D eigenvalue weighted by atomic mass is 9.83. The van der Waals surface area contributed by atoms with Crippen molar-refractivity contribution in [1.29, 1.82) is 0 Å². The number of thioether (sulfide) groups is 1. The maximum absolute atomic E-state index is 6.12. The molecule has 17 heavy (non-hydrogen) atoms. The molecule has 0 aliphatic carbocycles. The number of ether oxygens (including phenoxy) is 1. The van der Waals surface area contributed by atoms with Gasteiger partial charge in [0, 0.05) is 30.5 Å². The average molecular weight is 258 g/mol. The highest BCUT2D eigenvalue weighted by molar-refractivity contribution is 7.99. The largest absolute Gasteiger partial charge is 0.378 e. The van der Waals surface area contributed by atoms with Crippen LogP contribution < -0.4 is 5.73 Å². The van der Waals surface area contributed by atoms with Crippen LogP contribution in [0.15, 0.2) is 0 Å². The predicted molar refractivity (Wildman–Crippen MR) is 74.5 cm³/mol. The number of likely N-dealkylation sites (N-methyl/N-ethyl adjacent to an activating group) is 1. The minimum Gasteiger partial charge on any atom is -0.378 e. The van der Waals surface area contributed by atoms with Gasteiger partial charge in [0.15, 0.2) is 0 Å². The highest BCUT2D eigenvalue weighted by Crippen LogP contribution is 2.35. The van der Waals surface area contributed by atoms with Crippen LogP contribution in [0.2, 0.25) is 0 Å². The van der Waals surface area contributed by atoms with E-state index in [-0.39, 0.29) is 5.54 Å². The molecule has 2 rings (SSSR count). The summed E-state index contributed by atoms with van der Waals surface area (Å²) in [5.41, 5.74) is 6.31. The lowest BCUT2D eigenvalue weighted by Crippen LogP contribution is -2.60. The molecule has 0 radical (unpaired) electrons. The van der Waals surface area contributed by atoms with E-state index in [4.69, 9.17) is 10.5 Å². The summed E-state index contributed by atoms with van der Waals surface area (Å²) in [7, 11) is 2.28. The standard InChI is InChI=1S/C13H26N2OS/c1-3-12-8-13(10-14,5-6-16-12)15(2)11-4-7-17-9-11/h11-12H,3-10,14H2,1-2H3. The van der Waals surface area contributed by atoms with Crippen LogP contribution in [0.1, 0.15) is 32.6 Å². The third kappa shape index (κ3) is 2.80. The van der Waals surface area contributed by atoms with Crippen LogP contribution in [-0.2, 0) is 4.74 Å². The molecular formula is C13H26N2OS. The van der Waals surface area contributed by atoms with E-state index in [1.54, 1.807) is 0 Å². The van der Waals surface area contributed by atoms with Gasteiger partial charge in [0.1, 0.15) is 0 Å².